The van der Waals surface area contributed by atoms with Crippen LogP contribution in [0.25, 0.3) is 0 Å². The van der Waals surface area contributed by atoms with Crippen molar-refractivity contribution in [3.05, 3.63) is 84.9 Å². The van der Waals surface area contributed by atoms with E-state index in [-0.39, 0.29) is 0 Å². The van der Waals surface area contributed by atoms with Crippen LogP contribution in [0.4, 0.5) is 17.1 Å². The Balaban J connectivity index is 1.89. The molecule has 1 saturated heterocycles. The van der Waals surface area contributed by atoms with Gasteiger partial charge in [-0.25, -0.2) is 9.98 Å². The second-order valence-electron chi connectivity index (χ2n) is 7.23. The van der Waals surface area contributed by atoms with Crippen LogP contribution < -0.4 is 9.64 Å². The topological polar surface area (TPSA) is 52.8 Å². The fourth-order valence-electron chi connectivity index (χ4n) is 3.00. The van der Waals surface area contributed by atoms with Gasteiger partial charge in [0.2, 0.25) is 0 Å². The van der Waals surface area contributed by atoms with E-state index in [1.807, 2.05) is 104 Å². The van der Waals surface area contributed by atoms with Crippen molar-refractivity contribution in [2.75, 3.05) is 26.1 Å². The Morgan fingerprint density at radius 2 is 1.42 bits per heavy atom. The monoisotopic (exact) mass is 473 g/mol. The first-order valence-electron chi connectivity index (χ1n) is 10.2. The molecular weight excluding hydrogens is 450 g/mol. The fourth-order valence-corrected chi connectivity index (χ4v) is 4.11. The summed E-state index contributed by atoms with van der Waals surface area (Å²) in [5, 5.41) is 1.89. The molecule has 8 heteroatoms. The lowest BCUT2D eigenvalue weighted by Gasteiger charge is -2.20. The van der Waals surface area contributed by atoms with Gasteiger partial charge in [-0.05, 0) is 72.5 Å². The molecule has 3 aromatic carbocycles. The average molecular weight is 474 g/mol. The maximum Gasteiger partial charge on any atom is 0.197 e. The van der Waals surface area contributed by atoms with Crippen LogP contribution in [0, 0.1) is 0 Å². The first-order valence-corrected chi connectivity index (χ1v) is 11.5. The third-order valence-electron chi connectivity index (χ3n) is 4.66. The van der Waals surface area contributed by atoms with E-state index in [4.69, 9.17) is 31.9 Å². The van der Waals surface area contributed by atoms with Gasteiger partial charge in [0.1, 0.15) is 10.8 Å². The molecule has 0 radical (unpaired) electrons. The van der Waals surface area contributed by atoms with Gasteiger partial charge in [-0.2, -0.15) is 4.99 Å². The minimum atomic E-state index is 0.469. The minimum Gasteiger partial charge on any atom is -0.497 e. The summed E-state index contributed by atoms with van der Waals surface area (Å²) >= 11 is 6.93. The Morgan fingerprint density at radius 1 is 0.848 bits per heavy atom. The number of benzene rings is 3. The summed E-state index contributed by atoms with van der Waals surface area (Å²) in [5.74, 6) is 1.45. The molecule has 1 heterocycles. The zero-order valence-electron chi connectivity index (χ0n) is 18.5. The number of rotatable bonds is 4. The number of amidine groups is 2. The van der Waals surface area contributed by atoms with Crippen molar-refractivity contribution in [3.8, 4) is 5.75 Å². The molecule has 0 unspecified atom stereocenters. The van der Waals surface area contributed by atoms with Gasteiger partial charge in [0.25, 0.3) is 0 Å². The van der Waals surface area contributed by atoms with Crippen molar-refractivity contribution in [3.63, 3.8) is 0 Å². The molecule has 3 aromatic rings. The molecule has 0 aliphatic carbocycles. The number of nitrogens with zero attached hydrogens (tertiary/aromatic N) is 5. The maximum atomic E-state index is 5.49. The van der Waals surface area contributed by atoms with Gasteiger partial charge in [0.05, 0.1) is 18.5 Å². The number of anilines is 1. The van der Waals surface area contributed by atoms with Gasteiger partial charge in [-0.3, -0.25) is 4.90 Å². The second-order valence-corrected chi connectivity index (χ2v) is 8.55. The molecule has 4 rings (SSSR count). The molecule has 166 valence electrons. The number of para-hydroxylation sites is 2. The molecule has 0 saturated carbocycles. The highest BCUT2D eigenvalue weighted by Crippen LogP contribution is 2.33. The summed E-state index contributed by atoms with van der Waals surface area (Å²) in [6.45, 7) is 0. The molecule has 1 aliphatic heterocycles. The van der Waals surface area contributed by atoms with E-state index in [0.29, 0.717) is 16.1 Å². The molecule has 0 amide bonds. The van der Waals surface area contributed by atoms with Gasteiger partial charge in [0.15, 0.2) is 16.1 Å². The van der Waals surface area contributed by atoms with Crippen molar-refractivity contribution in [1.29, 1.82) is 0 Å². The summed E-state index contributed by atoms with van der Waals surface area (Å²) in [6.07, 6.45) is 0. The van der Waals surface area contributed by atoms with E-state index in [0.717, 1.165) is 27.9 Å². The molecule has 1 fully saturated rings. The summed E-state index contributed by atoms with van der Waals surface area (Å²) in [4.78, 5) is 18.4. The molecule has 6 nitrogen and oxygen atoms in total. The molecule has 0 bridgehead atoms. The normalized spacial score (nSPS) is 17.1. The van der Waals surface area contributed by atoms with Crippen LogP contribution >= 0.6 is 24.0 Å². The van der Waals surface area contributed by atoms with E-state index in [2.05, 4.69) is 0 Å². The lowest BCUT2D eigenvalue weighted by molar-refractivity contribution is 0.415. The average Bonchev–Trinajstić information content (AvgIpc) is 3.16. The summed E-state index contributed by atoms with van der Waals surface area (Å²) in [5.41, 5.74) is 2.55. The highest BCUT2D eigenvalue weighted by Gasteiger charge is 2.35. The number of methoxy groups -OCH3 is 1. The van der Waals surface area contributed by atoms with Gasteiger partial charge in [0, 0.05) is 19.8 Å². The van der Waals surface area contributed by atoms with Crippen LogP contribution in [-0.4, -0.2) is 47.3 Å². The third-order valence-corrected chi connectivity index (χ3v) is 6.04. The summed E-state index contributed by atoms with van der Waals surface area (Å²) < 4.78 is 5.34. The van der Waals surface area contributed by atoms with E-state index in [1.165, 1.54) is 11.8 Å². The van der Waals surface area contributed by atoms with Gasteiger partial charge < -0.3 is 9.64 Å². The van der Waals surface area contributed by atoms with E-state index >= 15 is 0 Å². The van der Waals surface area contributed by atoms with Crippen LogP contribution in [0.15, 0.2) is 99.9 Å². The van der Waals surface area contributed by atoms with E-state index < -0.39 is 0 Å². The molecular formula is C25H23N5OS2. The molecule has 0 atom stereocenters. The van der Waals surface area contributed by atoms with Gasteiger partial charge in [-0.15, -0.1) is 0 Å². The van der Waals surface area contributed by atoms with Gasteiger partial charge in [-0.1, -0.05) is 36.4 Å². The smallest absolute Gasteiger partial charge is 0.197 e. The second kappa shape index (κ2) is 10.4. The molecule has 1 aliphatic rings. The lowest BCUT2D eigenvalue weighted by atomic mass is 10.2. The largest absolute Gasteiger partial charge is 0.497 e. The zero-order valence-corrected chi connectivity index (χ0v) is 20.2. The summed E-state index contributed by atoms with van der Waals surface area (Å²) in [6, 6.07) is 27.4. The highest BCUT2D eigenvalue weighted by atomic mass is 32.2. The highest BCUT2D eigenvalue weighted by molar-refractivity contribution is 8.29. The standard InChI is InChI=1S/C25H23N5OS2/c1-29(2)24(32)28-25-30(20-14-16-21(31-3)17-15-20)22(26-18-10-6-4-7-11-18)23(33-25)27-19-12-8-5-9-13-19/h4-17H,1-3H3/b26-22?,27-23?,28-25-. The first kappa shape index (κ1) is 22.7. The quantitative estimate of drug-likeness (QED) is 0.441. The number of aliphatic imine (C=N–C) groups is 3. The predicted octanol–water partition coefficient (Wildman–Crippen LogP) is 5.91. The maximum absolute atomic E-state index is 5.49. The van der Waals surface area contributed by atoms with Crippen molar-refractivity contribution in [1.82, 2.24) is 4.90 Å². The Hall–Kier alpha value is -3.49. The molecule has 0 aromatic heterocycles. The van der Waals surface area contributed by atoms with E-state index in [9.17, 15) is 0 Å². The zero-order chi connectivity index (χ0) is 23.2. The Kier molecular flexibility index (Phi) is 7.16. The van der Waals surface area contributed by atoms with E-state index in [1.54, 1.807) is 12.0 Å². The number of thiocarbonyl (C=S) groups is 1. The van der Waals surface area contributed by atoms with Crippen molar-refractivity contribution < 1.29 is 4.74 Å². The molecule has 33 heavy (non-hydrogen) atoms. The minimum absolute atomic E-state index is 0.469. The Morgan fingerprint density at radius 3 is 1.97 bits per heavy atom. The van der Waals surface area contributed by atoms with Crippen molar-refractivity contribution in [2.24, 2.45) is 15.0 Å². The van der Waals surface area contributed by atoms with Crippen molar-refractivity contribution >= 4 is 62.2 Å². The van der Waals surface area contributed by atoms with Crippen LogP contribution in [0.3, 0.4) is 0 Å². The number of hydrogen-bond acceptors (Lipinski definition) is 5. The number of thioether (sulfide) groups is 1. The predicted molar refractivity (Wildman–Crippen MR) is 144 cm³/mol. The Labute approximate surface area is 203 Å². The van der Waals surface area contributed by atoms with Crippen LogP contribution in [0.1, 0.15) is 0 Å². The number of ether oxygens (including phenoxy) is 1. The SMILES string of the molecule is COc1ccc(N2C(=Nc3ccccc3)C(=Nc3ccccc3)S/C2=N\C(=S)N(C)C)cc1. The van der Waals surface area contributed by atoms with Crippen LogP contribution in [0.2, 0.25) is 0 Å². The Bertz CT molecular complexity index is 1210. The molecule has 0 spiro atoms. The van der Waals surface area contributed by atoms with Crippen molar-refractivity contribution in [2.45, 2.75) is 0 Å². The van der Waals surface area contributed by atoms with Crippen LogP contribution in [-0.2, 0) is 0 Å². The van der Waals surface area contributed by atoms with Crippen LogP contribution in [0.5, 0.6) is 5.75 Å². The van der Waals surface area contributed by atoms with Gasteiger partial charge >= 0.3 is 0 Å². The lowest BCUT2D eigenvalue weighted by Crippen LogP contribution is -2.32. The summed E-state index contributed by atoms with van der Waals surface area (Å²) in [7, 11) is 5.40. The number of hydrogen-bond donors (Lipinski definition) is 0. The molecule has 0 N–H and O–H groups in total. The first-order chi connectivity index (χ1) is 16.0. The fraction of sp³-hybridized carbons (Fsp3) is 0.120. The third kappa shape index (κ3) is 5.47.